The van der Waals surface area contributed by atoms with Crippen molar-refractivity contribution in [3.05, 3.63) is 35.9 Å². The smallest absolute Gasteiger partial charge is 0.0411 e. The Bertz CT molecular complexity index is 450. The van der Waals surface area contributed by atoms with Gasteiger partial charge in [-0.1, -0.05) is 31.2 Å². The third-order valence-corrected chi connectivity index (χ3v) is 4.80. The Kier molecular flexibility index (Phi) is 3.62. The quantitative estimate of drug-likeness (QED) is 0.836. The fourth-order valence-electron chi connectivity index (χ4n) is 2.64. The van der Waals surface area contributed by atoms with Gasteiger partial charge in [-0.15, -0.1) is 11.8 Å². The standard InChI is InChI=1S/C15H20N2S/c1-12-6-7-14(17-10-8-16-9-11-17)13-4-2-3-5-15(13)18-12/h2-5,7,12,16H,6,8-11H2,1H3. The van der Waals surface area contributed by atoms with Gasteiger partial charge in [0, 0.05) is 47.6 Å². The summed E-state index contributed by atoms with van der Waals surface area (Å²) in [5, 5.41) is 4.10. The van der Waals surface area contributed by atoms with Crippen molar-refractivity contribution in [1.29, 1.82) is 0 Å². The summed E-state index contributed by atoms with van der Waals surface area (Å²) in [5.41, 5.74) is 2.87. The summed E-state index contributed by atoms with van der Waals surface area (Å²) in [4.78, 5) is 3.97. The molecule has 2 aliphatic heterocycles. The normalized spacial score (nSPS) is 24.2. The molecule has 0 aromatic heterocycles. The van der Waals surface area contributed by atoms with Crippen LogP contribution in [0.1, 0.15) is 18.9 Å². The third kappa shape index (κ3) is 2.43. The van der Waals surface area contributed by atoms with Crippen LogP contribution in [-0.2, 0) is 0 Å². The number of hydrogen-bond acceptors (Lipinski definition) is 3. The van der Waals surface area contributed by atoms with Crippen LogP contribution in [0.4, 0.5) is 0 Å². The number of nitrogens with zero attached hydrogens (tertiary/aromatic N) is 1. The van der Waals surface area contributed by atoms with Crippen LogP contribution in [-0.4, -0.2) is 36.3 Å². The first-order chi connectivity index (χ1) is 8.84. The topological polar surface area (TPSA) is 15.3 Å². The van der Waals surface area contributed by atoms with Crippen LogP contribution in [0, 0.1) is 0 Å². The predicted molar refractivity (Wildman–Crippen MR) is 78.8 cm³/mol. The maximum absolute atomic E-state index is 3.43. The van der Waals surface area contributed by atoms with Crippen molar-refractivity contribution in [3.63, 3.8) is 0 Å². The molecule has 3 heteroatoms. The highest BCUT2D eigenvalue weighted by Gasteiger charge is 2.20. The first-order valence-corrected chi connectivity index (χ1v) is 7.64. The van der Waals surface area contributed by atoms with E-state index in [1.807, 2.05) is 11.8 Å². The molecule has 2 aliphatic rings. The van der Waals surface area contributed by atoms with E-state index in [1.54, 1.807) is 0 Å². The zero-order valence-electron chi connectivity index (χ0n) is 10.9. The summed E-state index contributed by atoms with van der Waals surface area (Å²) in [6.45, 7) is 6.77. The van der Waals surface area contributed by atoms with E-state index in [-0.39, 0.29) is 0 Å². The van der Waals surface area contributed by atoms with Crippen molar-refractivity contribution in [3.8, 4) is 0 Å². The summed E-state index contributed by atoms with van der Waals surface area (Å²) in [6.07, 6.45) is 3.60. The van der Waals surface area contributed by atoms with Crippen molar-refractivity contribution < 1.29 is 0 Å². The van der Waals surface area contributed by atoms with Gasteiger partial charge < -0.3 is 10.2 Å². The highest BCUT2D eigenvalue weighted by molar-refractivity contribution is 8.00. The lowest BCUT2D eigenvalue weighted by molar-refractivity contribution is 0.340. The Labute approximate surface area is 113 Å². The van der Waals surface area contributed by atoms with Crippen LogP contribution in [0.2, 0.25) is 0 Å². The van der Waals surface area contributed by atoms with E-state index in [1.165, 1.54) is 22.6 Å². The Morgan fingerprint density at radius 2 is 2.00 bits per heavy atom. The molecule has 1 atom stereocenters. The Morgan fingerprint density at radius 3 is 2.83 bits per heavy atom. The van der Waals surface area contributed by atoms with Gasteiger partial charge >= 0.3 is 0 Å². The van der Waals surface area contributed by atoms with Crippen molar-refractivity contribution >= 4 is 17.5 Å². The zero-order valence-corrected chi connectivity index (χ0v) is 11.7. The van der Waals surface area contributed by atoms with Gasteiger partial charge in [0.1, 0.15) is 0 Å². The van der Waals surface area contributed by atoms with Crippen LogP contribution >= 0.6 is 11.8 Å². The molecule has 18 heavy (non-hydrogen) atoms. The molecule has 0 aliphatic carbocycles. The maximum Gasteiger partial charge on any atom is 0.0411 e. The van der Waals surface area contributed by atoms with Gasteiger partial charge in [-0.3, -0.25) is 0 Å². The fourth-order valence-corrected chi connectivity index (χ4v) is 3.72. The molecular weight excluding hydrogens is 240 g/mol. The fraction of sp³-hybridized carbons (Fsp3) is 0.467. The highest BCUT2D eigenvalue weighted by Crippen LogP contribution is 2.37. The first-order valence-electron chi connectivity index (χ1n) is 6.76. The van der Waals surface area contributed by atoms with Crippen LogP contribution in [0.25, 0.3) is 5.70 Å². The average molecular weight is 260 g/mol. The Hall–Kier alpha value is -0.930. The van der Waals surface area contributed by atoms with E-state index < -0.39 is 0 Å². The minimum absolute atomic E-state index is 0.673. The van der Waals surface area contributed by atoms with E-state index >= 15 is 0 Å². The molecule has 0 bridgehead atoms. The summed E-state index contributed by atoms with van der Waals surface area (Å²) in [6, 6.07) is 8.84. The van der Waals surface area contributed by atoms with Gasteiger partial charge in [0.2, 0.25) is 0 Å². The number of rotatable bonds is 1. The lowest BCUT2D eigenvalue weighted by Gasteiger charge is -2.32. The average Bonchev–Trinajstić information content (AvgIpc) is 2.58. The molecule has 1 aromatic rings. The van der Waals surface area contributed by atoms with Crippen molar-refractivity contribution in [1.82, 2.24) is 10.2 Å². The molecule has 1 fully saturated rings. The molecule has 1 aromatic carbocycles. The van der Waals surface area contributed by atoms with Gasteiger partial charge in [0.05, 0.1) is 0 Å². The molecule has 1 N–H and O–H groups in total. The second-order valence-electron chi connectivity index (χ2n) is 4.99. The van der Waals surface area contributed by atoms with Crippen molar-refractivity contribution in [2.75, 3.05) is 26.2 Å². The van der Waals surface area contributed by atoms with Gasteiger partial charge in [-0.2, -0.15) is 0 Å². The molecule has 3 rings (SSSR count). The Morgan fingerprint density at radius 1 is 1.22 bits per heavy atom. The number of thioether (sulfide) groups is 1. The highest BCUT2D eigenvalue weighted by atomic mass is 32.2. The zero-order chi connectivity index (χ0) is 12.4. The summed E-state index contributed by atoms with van der Waals surface area (Å²) < 4.78 is 0. The molecule has 1 unspecified atom stereocenters. The molecule has 1 saturated heterocycles. The second-order valence-corrected chi connectivity index (χ2v) is 6.47. The molecule has 2 nitrogen and oxygen atoms in total. The minimum Gasteiger partial charge on any atom is -0.369 e. The first kappa shape index (κ1) is 12.1. The maximum atomic E-state index is 3.43. The van der Waals surface area contributed by atoms with Gasteiger partial charge in [0.15, 0.2) is 0 Å². The minimum atomic E-state index is 0.673. The molecule has 2 heterocycles. The van der Waals surface area contributed by atoms with Crippen LogP contribution in [0.15, 0.2) is 35.2 Å². The number of hydrogen-bond donors (Lipinski definition) is 1. The number of allylic oxidation sites excluding steroid dienone is 1. The van der Waals surface area contributed by atoms with Gasteiger partial charge in [-0.05, 0) is 12.5 Å². The lowest BCUT2D eigenvalue weighted by Crippen LogP contribution is -2.42. The number of fused-ring (bicyclic) bond motifs is 1. The van der Waals surface area contributed by atoms with Crippen molar-refractivity contribution in [2.24, 2.45) is 0 Å². The third-order valence-electron chi connectivity index (χ3n) is 3.59. The molecule has 0 radical (unpaired) electrons. The SMILES string of the molecule is CC1CC=C(N2CCNCC2)c2ccccc2S1. The van der Waals surface area contributed by atoms with Crippen molar-refractivity contribution in [2.45, 2.75) is 23.5 Å². The van der Waals surface area contributed by atoms with E-state index in [0.717, 1.165) is 26.2 Å². The number of piperazine rings is 1. The predicted octanol–water partition coefficient (Wildman–Crippen LogP) is 2.82. The molecule has 0 saturated carbocycles. The number of benzene rings is 1. The van der Waals surface area contributed by atoms with Gasteiger partial charge in [-0.25, -0.2) is 0 Å². The number of nitrogens with one attached hydrogen (secondary N) is 1. The van der Waals surface area contributed by atoms with Gasteiger partial charge in [0.25, 0.3) is 0 Å². The summed E-state index contributed by atoms with van der Waals surface area (Å²) in [7, 11) is 0. The molecule has 0 amide bonds. The molecule has 0 spiro atoms. The van der Waals surface area contributed by atoms with E-state index in [4.69, 9.17) is 0 Å². The monoisotopic (exact) mass is 260 g/mol. The lowest BCUT2D eigenvalue weighted by atomic mass is 10.1. The van der Waals surface area contributed by atoms with Crippen LogP contribution < -0.4 is 5.32 Å². The second kappa shape index (κ2) is 5.37. The molecule has 96 valence electrons. The summed E-state index contributed by atoms with van der Waals surface area (Å²) >= 11 is 2.01. The van der Waals surface area contributed by atoms with E-state index in [0.29, 0.717) is 5.25 Å². The van der Waals surface area contributed by atoms with E-state index in [2.05, 4.69) is 47.5 Å². The molecular formula is C15H20N2S. The largest absolute Gasteiger partial charge is 0.369 e. The Balaban J connectivity index is 1.96. The van der Waals surface area contributed by atoms with Crippen LogP contribution in [0.3, 0.4) is 0 Å². The van der Waals surface area contributed by atoms with Crippen LogP contribution in [0.5, 0.6) is 0 Å². The summed E-state index contributed by atoms with van der Waals surface area (Å²) in [5.74, 6) is 0. The van der Waals surface area contributed by atoms with E-state index in [9.17, 15) is 0 Å².